The summed E-state index contributed by atoms with van der Waals surface area (Å²) in [4.78, 5) is 0. The maximum atomic E-state index is 12.2. The van der Waals surface area contributed by atoms with Crippen LogP contribution < -0.4 is 0 Å². The molecule has 0 saturated heterocycles. The van der Waals surface area contributed by atoms with Gasteiger partial charge in [0.2, 0.25) is 0 Å². The second-order valence-corrected chi connectivity index (χ2v) is 13.8. The minimum atomic E-state index is -3.17. The molecule has 6 nitrogen and oxygen atoms in total. The van der Waals surface area contributed by atoms with Gasteiger partial charge in [-0.2, -0.15) is 0 Å². The highest BCUT2D eigenvalue weighted by atomic mass is 31.2. The van der Waals surface area contributed by atoms with Gasteiger partial charge in [0.1, 0.15) is 6.35 Å². The average Bonchev–Trinajstić information content (AvgIpc) is 2.41. The second kappa shape index (κ2) is 10.3. The van der Waals surface area contributed by atoms with E-state index in [0.29, 0.717) is 26.2 Å². The van der Waals surface area contributed by atoms with Gasteiger partial charge in [-0.25, -0.2) is 0 Å². The summed E-state index contributed by atoms with van der Waals surface area (Å²) in [6.45, 7) is 15.5. The van der Waals surface area contributed by atoms with Crippen molar-refractivity contribution >= 4 is 15.9 Å². The SMILES string of the molecule is CCOP(=O)(COCCC(O)CO[Si](C)(C)C(C)(C)C)OCC. The fourth-order valence-corrected chi connectivity index (χ4v) is 3.91. The predicted molar refractivity (Wildman–Crippen MR) is 95.5 cm³/mol. The largest absolute Gasteiger partial charge is 0.414 e. The van der Waals surface area contributed by atoms with Gasteiger partial charge < -0.3 is 23.3 Å². The predicted octanol–water partition coefficient (Wildman–Crippen LogP) is 4.00. The molecule has 0 aliphatic heterocycles. The number of hydrogen-bond donors (Lipinski definition) is 1. The number of ether oxygens (including phenoxy) is 1. The van der Waals surface area contributed by atoms with Crippen LogP contribution in [-0.4, -0.2) is 52.3 Å². The highest BCUT2D eigenvalue weighted by Gasteiger charge is 2.37. The van der Waals surface area contributed by atoms with E-state index < -0.39 is 22.0 Å². The Balaban J connectivity index is 4.07. The maximum Gasteiger partial charge on any atom is 0.356 e. The molecular formula is C15H35O6PSi. The van der Waals surface area contributed by atoms with Crippen LogP contribution in [0, 0.1) is 0 Å². The van der Waals surface area contributed by atoms with Gasteiger partial charge in [0.05, 0.1) is 25.9 Å². The van der Waals surface area contributed by atoms with E-state index in [0.717, 1.165) is 0 Å². The average molecular weight is 370 g/mol. The molecule has 0 amide bonds. The van der Waals surface area contributed by atoms with Gasteiger partial charge in [0.25, 0.3) is 0 Å². The van der Waals surface area contributed by atoms with Gasteiger partial charge in [-0.05, 0) is 38.4 Å². The Morgan fingerprint density at radius 1 is 1.13 bits per heavy atom. The van der Waals surface area contributed by atoms with E-state index >= 15 is 0 Å². The van der Waals surface area contributed by atoms with Crippen LogP contribution in [0.5, 0.6) is 0 Å². The number of hydrogen-bond acceptors (Lipinski definition) is 6. The van der Waals surface area contributed by atoms with E-state index in [1.165, 1.54) is 0 Å². The number of aliphatic hydroxyl groups excluding tert-OH is 1. The van der Waals surface area contributed by atoms with Crippen molar-refractivity contribution in [3.8, 4) is 0 Å². The molecule has 0 radical (unpaired) electrons. The third-order valence-corrected chi connectivity index (χ3v) is 10.2. The summed E-state index contributed by atoms with van der Waals surface area (Å²) < 4.78 is 33.8. The molecule has 0 aromatic rings. The molecule has 0 fully saturated rings. The Morgan fingerprint density at radius 3 is 2.09 bits per heavy atom. The maximum absolute atomic E-state index is 12.2. The first kappa shape index (κ1) is 23.2. The quantitative estimate of drug-likeness (QED) is 0.318. The van der Waals surface area contributed by atoms with Crippen molar-refractivity contribution < 1.29 is 27.9 Å². The Kier molecular flexibility index (Phi) is 10.4. The van der Waals surface area contributed by atoms with Crippen molar-refractivity contribution in [3.05, 3.63) is 0 Å². The first-order chi connectivity index (χ1) is 10.5. The van der Waals surface area contributed by atoms with E-state index in [1.807, 2.05) is 0 Å². The van der Waals surface area contributed by atoms with Crippen molar-refractivity contribution in [2.75, 3.05) is 32.8 Å². The molecule has 0 heterocycles. The second-order valence-electron chi connectivity index (χ2n) is 7.00. The van der Waals surface area contributed by atoms with E-state index in [1.54, 1.807) is 13.8 Å². The van der Waals surface area contributed by atoms with E-state index in [2.05, 4.69) is 33.9 Å². The summed E-state index contributed by atoms with van der Waals surface area (Å²) in [5.74, 6) is 0. The zero-order chi connectivity index (χ0) is 18.1. The van der Waals surface area contributed by atoms with Gasteiger partial charge in [0, 0.05) is 6.61 Å². The molecule has 140 valence electrons. The van der Waals surface area contributed by atoms with Crippen molar-refractivity contribution in [3.63, 3.8) is 0 Å². The highest BCUT2D eigenvalue weighted by Crippen LogP contribution is 2.47. The molecule has 0 aliphatic carbocycles. The van der Waals surface area contributed by atoms with Gasteiger partial charge in [-0.15, -0.1) is 0 Å². The molecule has 0 aliphatic rings. The van der Waals surface area contributed by atoms with Crippen LogP contribution in [0.2, 0.25) is 18.1 Å². The minimum Gasteiger partial charge on any atom is -0.414 e. The smallest absolute Gasteiger partial charge is 0.356 e. The highest BCUT2D eigenvalue weighted by molar-refractivity contribution is 7.53. The third kappa shape index (κ3) is 9.34. The summed E-state index contributed by atoms with van der Waals surface area (Å²) in [5.41, 5.74) is 0. The fourth-order valence-electron chi connectivity index (χ4n) is 1.51. The van der Waals surface area contributed by atoms with Gasteiger partial charge in [-0.3, -0.25) is 4.57 Å². The zero-order valence-electron chi connectivity index (χ0n) is 15.8. The van der Waals surface area contributed by atoms with Crippen LogP contribution in [0.3, 0.4) is 0 Å². The third-order valence-electron chi connectivity index (χ3n) is 3.94. The summed E-state index contributed by atoms with van der Waals surface area (Å²) in [6.07, 6.45) is -0.264. The first-order valence-corrected chi connectivity index (χ1v) is 12.9. The standard InChI is InChI=1S/C15H35O6PSi/c1-8-19-22(17,20-9-2)13-18-11-10-14(16)12-21-23(6,7)15(3,4)5/h14,16H,8-13H2,1-7H3. The summed E-state index contributed by atoms with van der Waals surface area (Å²) in [5, 5.41) is 10.1. The molecule has 0 saturated carbocycles. The van der Waals surface area contributed by atoms with Gasteiger partial charge in [-0.1, -0.05) is 20.8 Å². The lowest BCUT2D eigenvalue weighted by Crippen LogP contribution is -2.42. The summed E-state index contributed by atoms with van der Waals surface area (Å²) in [7, 11) is -5.02. The van der Waals surface area contributed by atoms with Crippen LogP contribution in [0.1, 0.15) is 41.0 Å². The molecule has 1 unspecified atom stereocenters. The normalized spacial score (nSPS) is 15.0. The topological polar surface area (TPSA) is 74.2 Å². The van der Waals surface area contributed by atoms with Crippen LogP contribution >= 0.6 is 7.60 Å². The lowest BCUT2D eigenvalue weighted by Gasteiger charge is -2.36. The van der Waals surface area contributed by atoms with Crippen LogP contribution in [0.15, 0.2) is 0 Å². The van der Waals surface area contributed by atoms with Crippen molar-refractivity contribution in [2.45, 2.75) is 65.3 Å². The molecule has 8 heteroatoms. The Hall–Kier alpha value is 0.247. The molecule has 1 atom stereocenters. The summed E-state index contributed by atoms with van der Waals surface area (Å²) >= 11 is 0. The van der Waals surface area contributed by atoms with E-state index in [9.17, 15) is 9.67 Å². The molecule has 0 rings (SSSR count). The molecule has 0 spiro atoms. The Labute approximate surface area is 142 Å². The van der Waals surface area contributed by atoms with Crippen LogP contribution in [0.4, 0.5) is 0 Å². The minimum absolute atomic E-state index is 0.0928. The van der Waals surface area contributed by atoms with Crippen molar-refractivity contribution in [2.24, 2.45) is 0 Å². The molecule has 0 bridgehead atoms. The van der Waals surface area contributed by atoms with Crippen molar-refractivity contribution in [1.29, 1.82) is 0 Å². The Bertz CT molecular complexity index is 359. The van der Waals surface area contributed by atoms with Crippen LogP contribution in [0.25, 0.3) is 0 Å². The molecule has 0 aromatic heterocycles. The first-order valence-electron chi connectivity index (χ1n) is 8.25. The lowest BCUT2D eigenvalue weighted by atomic mass is 10.2. The number of aliphatic hydroxyl groups is 1. The number of rotatable bonds is 12. The Morgan fingerprint density at radius 2 is 1.65 bits per heavy atom. The van der Waals surface area contributed by atoms with Gasteiger partial charge >= 0.3 is 7.60 Å². The van der Waals surface area contributed by atoms with E-state index in [-0.39, 0.29) is 18.0 Å². The fraction of sp³-hybridized carbons (Fsp3) is 1.00. The van der Waals surface area contributed by atoms with Crippen LogP contribution in [-0.2, 0) is 22.8 Å². The zero-order valence-corrected chi connectivity index (χ0v) is 17.7. The summed E-state index contributed by atoms with van der Waals surface area (Å²) in [6, 6.07) is 0. The van der Waals surface area contributed by atoms with E-state index in [4.69, 9.17) is 18.2 Å². The molecule has 23 heavy (non-hydrogen) atoms. The van der Waals surface area contributed by atoms with Crippen molar-refractivity contribution in [1.82, 2.24) is 0 Å². The molecule has 0 aromatic carbocycles. The molecule has 1 N–H and O–H groups in total. The van der Waals surface area contributed by atoms with Gasteiger partial charge in [0.15, 0.2) is 8.32 Å². The lowest BCUT2D eigenvalue weighted by molar-refractivity contribution is 0.0563. The molecular weight excluding hydrogens is 335 g/mol. The monoisotopic (exact) mass is 370 g/mol.